The maximum atomic E-state index is 13.7. The first-order chi connectivity index (χ1) is 14.1. The summed E-state index contributed by atoms with van der Waals surface area (Å²) in [7, 11) is 0. The number of rotatable bonds is 4. The molecule has 1 aromatic carbocycles. The number of anilines is 1. The van der Waals surface area contributed by atoms with Gasteiger partial charge in [-0.15, -0.1) is 0 Å². The Morgan fingerprint density at radius 3 is 2.93 bits per heavy atom. The third-order valence-electron chi connectivity index (χ3n) is 5.97. The van der Waals surface area contributed by atoms with Crippen molar-refractivity contribution in [2.75, 3.05) is 4.90 Å². The third kappa shape index (κ3) is 3.34. The van der Waals surface area contributed by atoms with Crippen LogP contribution in [-0.4, -0.2) is 26.5 Å². The van der Waals surface area contributed by atoms with Gasteiger partial charge in [0.25, 0.3) is 0 Å². The van der Waals surface area contributed by atoms with Gasteiger partial charge in [0.1, 0.15) is 17.3 Å². The summed E-state index contributed by atoms with van der Waals surface area (Å²) in [5, 5.41) is 0.853. The van der Waals surface area contributed by atoms with Gasteiger partial charge in [-0.25, -0.2) is 14.4 Å². The van der Waals surface area contributed by atoms with E-state index in [-0.39, 0.29) is 11.9 Å². The SMILES string of the molecule is Cc1cc(N(Cc2cnc3ccccn23)[C@H]2CC[C@H](N)C2)nc2ccc(F)cc12. The van der Waals surface area contributed by atoms with Gasteiger partial charge >= 0.3 is 0 Å². The molecule has 1 aliphatic rings. The Hall–Kier alpha value is -2.99. The van der Waals surface area contributed by atoms with Crippen molar-refractivity contribution in [2.45, 2.75) is 44.8 Å². The molecule has 4 aromatic rings. The summed E-state index contributed by atoms with van der Waals surface area (Å²) in [6, 6.07) is 13.4. The highest BCUT2D eigenvalue weighted by molar-refractivity contribution is 5.84. The van der Waals surface area contributed by atoms with Crippen LogP contribution in [0.15, 0.2) is 54.9 Å². The molecule has 29 heavy (non-hydrogen) atoms. The van der Waals surface area contributed by atoms with E-state index in [9.17, 15) is 4.39 Å². The number of pyridine rings is 2. The lowest BCUT2D eigenvalue weighted by Gasteiger charge is -2.30. The first kappa shape index (κ1) is 18.1. The summed E-state index contributed by atoms with van der Waals surface area (Å²) in [6.07, 6.45) is 6.98. The largest absolute Gasteiger partial charge is 0.348 e. The Kier molecular flexibility index (Phi) is 4.43. The standard InChI is InChI=1S/C23H24FN5/c1-15-10-23(27-21-8-5-16(24)11-20(15)21)29(18-7-6-17(25)12-18)14-19-13-26-22-4-2-3-9-28(19)22/h2-5,8-11,13,17-18H,6-7,12,14,25H2,1H3/t17-,18-/m0/s1. The van der Waals surface area contributed by atoms with Crippen molar-refractivity contribution in [3.63, 3.8) is 0 Å². The predicted molar refractivity (Wildman–Crippen MR) is 113 cm³/mol. The number of imidazole rings is 1. The number of halogens is 1. The number of hydrogen-bond acceptors (Lipinski definition) is 4. The van der Waals surface area contributed by atoms with E-state index in [1.54, 1.807) is 12.1 Å². The normalized spacial score (nSPS) is 19.3. The van der Waals surface area contributed by atoms with E-state index in [0.717, 1.165) is 52.9 Å². The number of hydrogen-bond donors (Lipinski definition) is 1. The fourth-order valence-electron chi connectivity index (χ4n) is 4.44. The summed E-state index contributed by atoms with van der Waals surface area (Å²) < 4.78 is 15.8. The zero-order valence-electron chi connectivity index (χ0n) is 16.4. The molecule has 5 rings (SSSR count). The lowest BCUT2D eigenvalue weighted by molar-refractivity contribution is 0.581. The van der Waals surface area contributed by atoms with Crippen LogP contribution in [0.1, 0.15) is 30.5 Å². The van der Waals surface area contributed by atoms with E-state index in [1.165, 1.54) is 6.07 Å². The molecule has 148 valence electrons. The second-order valence-corrected chi connectivity index (χ2v) is 7.99. The van der Waals surface area contributed by atoms with Crippen LogP contribution in [0.2, 0.25) is 0 Å². The van der Waals surface area contributed by atoms with E-state index in [2.05, 4.69) is 20.4 Å². The molecule has 2 N–H and O–H groups in total. The molecule has 1 aliphatic carbocycles. The molecule has 0 spiro atoms. The monoisotopic (exact) mass is 389 g/mol. The van der Waals surface area contributed by atoms with E-state index < -0.39 is 0 Å². The Morgan fingerprint density at radius 2 is 2.10 bits per heavy atom. The average molecular weight is 389 g/mol. The Morgan fingerprint density at radius 1 is 1.21 bits per heavy atom. The van der Waals surface area contributed by atoms with Gasteiger partial charge in [-0.2, -0.15) is 0 Å². The molecule has 0 saturated heterocycles. The molecule has 1 fully saturated rings. The fraction of sp³-hybridized carbons (Fsp3) is 0.304. The molecule has 1 saturated carbocycles. The van der Waals surface area contributed by atoms with Crippen LogP contribution in [0.25, 0.3) is 16.6 Å². The van der Waals surface area contributed by atoms with Gasteiger partial charge in [0.2, 0.25) is 0 Å². The minimum Gasteiger partial charge on any atom is -0.348 e. The van der Waals surface area contributed by atoms with Gasteiger partial charge in [-0.05, 0) is 68.1 Å². The highest BCUT2D eigenvalue weighted by Crippen LogP contribution is 2.31. The number of nitrogens with two attached hydrogens (primary N) is 1. The van der Waals surface area contributed by atoms with E-state index in [4.69, 9.17) is 10.7 Å². The molecule has 0 bridgehead atoms. The predicted octanol–water partition coefficient (Wildman–Crippen LogP) is 4.22. The summed E-state index contributed by atoms with van der Waals surface area (Å²) in [5.74, 6) is 0.672. The Balaban J connectivity index is 1.59. The second kappa shape index (κ2) is 7.12. The minimum absolute atomic E-state index is 0.223. The lowest BCUT2D eigenvalue weighted by atomic mass is 10.1. The number of benzene rings is 1. The van der Waals surface area contributed by atoms with Crippen LogP contribution in [0, 0.1) is 12.7 Å². The van der Waals surface area contributed by atoms with Gasteiger partial charge in [0.05, 0.1) is 24.0 Å². The maximum Gasteiger partial charge on any atom is 0.136 e. The molecule has 0 radical (unpaired) electrons. The van der Waals surface area contributed by atoms with Crippen molar-refractivity contribution in [3.8, 4) is 0 Å². The zero-order valence-corrected chi connectivity index (χ0v) is 16.4. The van der Waals surface area contributed by atoms with Crippen LogP contribution in [0.4, 0.5) is 10.2 Å². The van der Waals surface area contributed by atoms with Gasteiger partial charge < -0.3 is 15.0 Å². The molecule has 0 unspecified atom stereocenters. The highest BCUT2D eigenvalue weighted by atomic mass is 19.1. The Labute approximate surface area is 169 Å². The average Bonchev–Trinajstić information content (AvgIpc) is 3.33. The van der Waals surface area contributed by atoms with E-state index >= 15 is 0 Å². The molecular weight excluding hydrogens is 365 g/mol. The highest BCUT2D eigenvalue weighted by Gasteiger charge is 2.29. The molecule has 0 amide bonds. The van der Waals surface area contributed by atoms with Crippen molar-refractivity contribution in [2.24, 2.45) is 5.73 Å². The smallest absolute Gasteiger partial charge is 0.136 e. The molecule has 5 nitrogen and oxygen atoms in total. The summed E-state index contributed by atoms with van der Waals surface area (Å²) >= 11 is 0. The maximum absolute atomic E-state index is 13.7. The summed E-state index contributed by atoms with van der Waals surface area (Å²) in [5.41, 5.74) is 10.1. The summed E-state index contributed by atoms with van der Waals surface area (Å²) in [6.45, 7) is 2.71. The molecule has 3 heterocycles. The molecule has 6 heteroatoms. The van der Waals surface area contributed by atoms with Crippen molar-refractivity contribution in [1.29, 1.82) is 0 Å². The molecule has 3 aromatic heterocycles. The minimum atomic E-state index is -0.237. The molecule has 0 aliphatic heterocycles. The van der Waals surface area contributed by atoms with Crippen molar-refractivity contribution < 1.29 is 4.39 Å². The quantitative estimate of drug-likeness (QED) is 0.568. The van der Waals surface area contributed by atoms with Crippen LogP contribution in [-0.2, 0) is 6.54 Å². The first-order valence-corrected chi connectivity index (χ1v) is 10.1. The Bertz CT molecular complexity index is 1180. The van der Waals surface area contributed by atoms with Crippen LogP contribution >= 0.6 is 0 Å². The van der Waals surface area contributed by atoms with Crippen LogP contribution in [0.3, 0.4) is 0 Å². The van der Waals surface area contributed by atoms with Gasteiger partial charge in [0, 0.05) is 23.7 Å². The van der Waals surface area contributed by atoms with Gasteiger partial charge in [-0.1, -0.05) is 6.07 Å². The number of aromatic nitrogens is 3. The van der Waals surface area contributed by atoms with Crippen LogP contribution < -0.4 is 10.6 Å². The van der Waals surface area contributed by atoms with Crippen molar-refractivity contribution in [3.05, 3.63) is 71.9 Å². The third-order valence-corrected chi connectivity index (χ3v) is 5.97. The van der Waals surface area contributed by atoms with Gasteiger partial charge in [-0.3, -0.25) is 0 Å². The first-order valence-electron chi connectivity index (χ1n) is 10.1. The number of nitrogens with zero attached hydrogens (tertiary/aromatic N) is 4. The second-order valence-electron chi connectivity index (χ2n) is 7.99. The fourth-order valence-corrected chi connectivity index (χ4v) is 4.44. The van der Waals surface area contributed by atoms with Gasteiger partial charge in [0.15, 0.2) is 0 Å². The van der Waals surface area contributed by atoms with E-state index in [0.29, 0.717) is 12.6 Å². The lowest BCUT2D eigenvalue weighted by Crippen LogP contribution is -2.35. The van der Waals surface area contributed by atoms with Crippen LogP contribution in [0.5, 0.6) is 0 Å². The topological polar surface area (TPSA) is 59.5 Å². The van der Waals surface area contributed by atoms with Crippen molar-refractivity contribution in [1.82, 2.24) is 14.4 Å². The number of fused-ring (bicyclic) bond motifs is 2. The summed E-state index contributed by atoms with van der Waals surface area (Å²) in [4.78, 5) is 11.8. The number of aryl methyl sites for hydroxylation is 1. The molecule has 2 atom stereocenters. The van der Waals surface area contributed by atoms with Crippen molar-refractivity contribution >= 4 is 22.4 Å². The van der Waals surface area contributed by atoms with E-state index in [1.807, 2.05) is 37.5 Å². The molecular formula is C23H24FN5. The zero-order chi connectivity index (χ0) is 20.0.